The summed E-state index contributed by atoms with van der Waals surface area (Å²) in [7, 11) is 5.18. The highest BCUT2D eigenvalue weighted by Crippen LogP contribution is 2.33. The van der Waals surface area contributed by atoms with Gasteiger partial charge < -0.3 is 20.1 Å². The van der Waals surface area contributed by atoms with Gasteiger partial charge in [0.05, 0.1) is 20.8 Å². The quantitative estimate of drug-likeness (QED) is 0.327. The SMILES string of the molecule is CN=C(NCCN1CCc2cc(OC)c(OC)cc2C1)NCc1ccc(C)s1.I. The summed E-state index contributed by atoms with van der Waals surface area (Å²) in [6, 6.07) is 8.53. The summed E-state index contributed by atoms with van der Waals surface area (Å²) >= 11 is 1.81. The molecule has 1 aliphatic rings. The number of hydrogen-bond donors (Lipinski definition) is 2. The van der Waals surface area contributed by atoms with E-state index in [0.29, 0.717) is 0 Å². The number of aryl methyl sites for hydroxylation is 1. The van der Waals surface area contributed by atoms with Crippen LogP contribution in [0.3, 0.4) is 0 Å². The first-order chi connectivity index (χ1) is 13.6. The number of fused-ring (bicyclic) bond motifs is 1. The summed E-state index contributed by atoms with van der Waals surface area (Å²) in [6.07, 6.45) is 1.03. The van der Waals surface area contributed by atoms with Crippen molar-refractivity contribution in [3.8, 4) is 11.5 Å². The van der Waals surface area contributed by atoms with Crippen molar-refractivity contribution in [3.05, 3.63) is 45.1 Å². The van der Waals surface area contributed by atoms with Crippen LogP contribution in [0, 0.1) is 6.92 Å². The van der Waals surface area contributed by atoms with Crippen LogP contribution in [0.4, 0.5) is 0 Å². The van der Waals surface area contributed by atoms with E-state index in [1.807, 2.05) is 18.4 Å². The topological polar surface area (TPSA) is 58.1 Å². The minimum absolute atomic E-state index is 0. The Bertz CT molecular complexity index is 825. The zero-order valence-corrected chi connectivity index (χ0v) is 20.7. The molecule has 0 aliphatic carbocycles. The van der Waals surface area contributed by atoms with E-state index in [1.54, 1.807) is 14.2 Å². The van der Waals surface area contributed by atoms with Gasteiger partial charge in [0.2, 0.25) is 0 Å². The summed E-state index contributed by atoms with van der Waals surface area (Å²) in [5.74, 6) is 2.46. The molecule has 0 spiro atoms. The molecule has 1 aromatic heterocycles. The van der Waals surface area contributed by atoms with Gasteiger partial charge in [0.25, 0.3) is 0 Å². The maximum atomic E-state index is 5.45. The summed E-state index contributed by atoms with van der Waals surface area (Å²) in [4.78, 5) is 9.43. The normalized spacial score (nSPS) is 14.0. The number of hydrogen-bond acceptors (Lipinski definition) is 5. The lowest BCUT2D eigenvalue weighted by Gasteiger charge is -2.29. The molecule has 0 bridgehead atoms. The lowest BCUT2D eigenvalue weighted by atomic mass is 9.99. The van der Waals surface area contributed by atoms with Gasteiger partial charge in [-0.2, -0.15) is 0 Å². The lowest BCUT2D eigenvalue weighted by Crippen LogP contribution is -2.42. The second kappa shape index (κ2) is 11.6. The van der Waals surface area contributed by atoms with E-state index in [-0.39, 0.29) is 24.0 Å². The Hall–Kier alpha value is -1.52. The van der Waals surface area contributed by atoms with Gasteiger partial charge in [-0.1, -0.05) is 0 Å². The smallest absolute Gasteiger partial charge is 0.191 e. The number of thiophene rings is 1. The number of methoxy groups -OCH3 is 2. The predicted octanol–water partition coefficient (Wildman–Crippen LogP) is 3.42. The van der Waals surface area contributed by atoms with Crippen LogP contribution < -0.4 is 20.1 Å². The first kappa shape index (κ1) is 23.8. The molecule has 2 aromatic rings. The monoisotopic (exact) mass is 530 g/mol. The molecule has 3 rings (SSSR count). The predicted molar refractivity (Wildman–Crippen MR) is 131 cm³/mol. The van der Waals surface area contributed by atoms with E-state index >= 15 is 0 Å². The fourth-order valence-electron chi connectivity index (χ4n) is 3.44. The number of benzene rings is 1. The number of nitrogens with zero attached hydrogens (tertiary/aromatic N) is 2. The van der Waals surface area contributed by atoms with Crippen molar-refractivity contribution in [1.29, 1.82) is 0 Å². The number of ether oxygens (including phenoxy) is 2. The van der Waals surface area contributed by atoms with Crippen molar-refractivity contribution in [2.45, 2.75) is 26.4 Å². The van der Waals surface area contributed by atoms with Gasteiger partial charge in [0, 0.05) is 43.0 Å². The van der Waals surface area contributed by atoms with E-state index < -0.39 is 0 Å². The van der Waals surface area contributed by atoms with E-state index in [1.165, 1.54) is 20.9 Å². The van der Waals surface area contributed by atoms with Gasteiger partial charge in [0.1, 0.15) is 0 Å². The molecule has 6 nitrogen and oxygen atoms in total. The van der Waals surface area contributed by atoms with Gasteiger partial charge in [-0.3, -0.25) is 9.89 Å². The molecule has 0 amide bonds. The fraction of sp³-hybridized carbons (Fsp3) is 0.476. The van der Waals surface area contributed by atoms with E-state index in [0.717, 1.165) is 56.6 Å². The van der Waals surface area contributed by atoms with Crippen molar-refractivity contribution >= 4 is 41.3 Å². The Kier molecular flexibility index (Phi) is 9.51. The highest BCUT2D eigenvalue weighted by Gasteiger charge is 2.19. The number of aliphatic imine (C=N–C) groups is 1. The molecule has 0 atom stereocenters. The van der Waals surface area contributed by atoms with Gasteiger partial charge in [0.15, 0.2) is 17.5 Å². The molecule has 0 saturated carbocycles. The highest BCUT2D eigenvalue weighted by atomic mass is 127. The van der Waals surface area contributed by atoms with Gasteiger partial charge in [-0.05, 0) is 48.7 Å². The molecule has 0 saturated heterocycles. The van der Waals surface area contributed by atoms with Crippen molar-refractivity contribution < 1.29 is 9.47 Å². The average molecular weight is 530 g/mol. The molecule has 29 heavy (non-hydrogen) atoms. The van der Waals surface area contributed by atoms with Crippen LogP contribution in [-0.4, -0.2) is 51.8 Å². The molecule has 2 N–H and O–H groups in total. The van der Waals surface area contributed by atoms with Crippen LogP contribution in [0.2, 0.25) is 0 Å². The van der Waals surface area contributed by atoms with Crippen LogP contribution in [0.5, 0.6) is 11.5 Å². The molecule has 2 heterocycles. The van der Waals surface area contributed by atoms with E-state index in [4.69, 9.17) is 9.47 Å². The molecule has 1 aromatic carbocycles. The number of halogens is 1. The molecule has 160 valence electrons. The summed E-state index contributed by atoms with van der Waals surface area (Å²) < 4.78 is 10.9. The minimum atomic E-state index is 0. The van der Waals surface area contributed by atoms with Crippen LogP contribution in [0.1, 0.15) is 20.9 Å². The maximum absolute atomic E-state index is 5.45. The Labute approximate surface area is 194 Å². The van der Waals surface area contributed by atoms with Crippen LogP contribution in [0.15, 0.2) is 29.3 Å². The van der Waals surface area contributed by atoms with Crippen LogP contribution in [0.25, 0.3) is 0 Å². The zero-order valence-electron chi connectivity index (χ0n) is 17.6. The third kappa shape index (κ3) is 6.48. The standard InChI is InChI=1S/C21H30N4O2S.HI/c1-15-5-6-18(28-15)13-24-21(22-2)23-8-10-25-9-7-16-11-19(26-3)20(27-4)12-17(16)14-25;/h5-6,11-12H,7-10,13-14H2,1-4H3,(H2,22,23,24);1H. The summed E-state index contributed by atoms with van der Waals surface area (Å²) in [5.41, 5.74) is 2.67. The maximum Gasteiger partial charge on any atom is 0.191 e. The lowest BCUT2D eigenvalue weighted by molar-refractivity contribution is 0.256. The Morgan fingerprint density at radius 1 is 1.14 bits per heavy atom. The molecule has 1 aliphatic heterocycles. The highest BCUT2D eigenvalue weighted by molar-refractivity contribution is 14.0. The minimum Gasteiger partial charge on any atom is -0.493 e. The second-order valence-corrected chi connectivity index (χ2v) is 8.24. The molecular weight excluding hydrogens is 499 g/mol. The summed E-state index contributed by atoms with van der Waals surface area (Å²) in [6.45, 7) is 6.72. The molecule has 0 radical (unpaired) electrons. The van der Waals surface area contributed by atoms with Crippen molar-refractivity contribution in [1.82, 2.24) is 15.5 Å². The first-order valence-corrected chi connectivity index (χ1v) is 10.4. The molecule has 8 heteroatoms. The average Bonchev–Trinajstić information content (AvgIpc) is 3.14. The van der Waals surface area contributed by atoms with E-state index in [9.17, 15) is 0 Å². The first-order valence-electron chi connectivity index (χ1n) is 9.59. The molecule has 0 unspecified atom stereocenters. The van der Waals surface area contributed by atoms with Crippen molar-refractivity contribution in [2.75, 3.05) is 40.9 Å². The van der Waals surface area contributed by atoms with Crippen LogP contribution >= 0.6 is 35.3 Å². The van der Waals surface area contributed by atoms with Crippen molar-refractivity contribution in [3.63, 3.8) is 0 Å². The zero-order chi connectivity index (χ0) is 19.9. The third-order valence-corrected chi connectivity index (χ3v) is 5.97. The van der Waals surface area contributed by atoms with E-state index in [2.05, 4.69) is 51.7 Å². The Morgan fingerprint density at radius 3 is 2.48 bits per heavy atom. The number of rotatable bonds is 7. The third-order valence-electron chi connectivity index (χ3n) is 4.97. The fourth-order valence-corrected chi connectivity index (χ4v) is 4.27. The number of guanidine groups is 1. The summed E-state index contributed by atoms with van der Waals surface area (Å²) in [5, 5.41) is 6.80. The van der Waals surface area contributed by atoms with Crippen molar-refractivity contribution in [2.24, 2.45) is 4.99 Å². The Morgan fingerprint density at radius 2 is 1.86 bits per heavy atom. The van der Waals surface area contributed by atoms with Gasteiger partial charge in [-0.25, -0.2) is 0 Å². The molecular formula is C21H31IN4O2S. The van der Waals surface area contributed by atoms with Gasteiger partial charge in [-0.15, -0.1) is 35.3 Å². The molecule has 0 fully saturated rings. The Balaban J connectivity index is 0.00000300. The van der Waals surface area contributed by atoms with Gasteiger partial charge >= 0.3 is 0 Å². The second-order valence-electron chi connectivity index (χ2n) is 6.87. The number of nitrogens with one attached hydrogen (secondary N) is 2. The largest absolute Gasteiger partial charge is 0.493 e. The van der Waals surface area contributed by atoms with Crippen LogP contribution in [-0.2, 0) is 19.5 Å².